The van der Waals surface area contributed by atoms with E-state index in [1.54, 1.807) is 42.7 Å². The van der Waals surface area contributed by atoms with Crippen LogP contribution in [0.4, 0.5) is 0 Å². The molecular formula is C15H17NO3S. The number of amides is 1. The molecule has 5 heteroatoms. The number of hydrogen-bond acceptors (Lipinski definition) is 4. The minimum Gasteiger partial charge on any atom is -0.497 e. The Balaban J connectivity index is 1.80. The molecule has 1 amide bonds. The molecule has 0 radical (unpaired) electrons. The molecule has 0 aliphatic heterocycles. The zero-order valence-electron chi connectivity index (χ0n) is 11.2. The highest BCUT2D eigenvalue weighted by atomic mass is 32.1. The van der Waals surface area contributed by atoms with Crippen LogP contribution in [0.5, 0.6) is 5.75 Å². The van der Waals surface area contributed by atoms with E-state index in [-0.39, 0.29) is 5.91 Å². The summed E-state index contributed by atoms with van der Waals surface area (Å²) < 4.78 is 5.04. The lowest BCUT2D eigenvalue weighted by Gasteiger charge is -2.10. The largest absolute Gasteiger partial charge is 0.497 e. The van der Waals surface area contributed by atoms with Gasteiger partial charge in [0.2, 0.25) is 0 Å². The van der Waals surface area contributed by atoms with Crippen molar-refractivity contribution in [2.45, 2.75) is 12.5 Å². The summed E-state index contributed by atoms with van der Waals surface area (Å²) in [6, 6.07) is 8.80. The molecule has 0 fully saturated rings. The normalized spacial score (nSPS) is 11.9. The smallest absolute Gasteiger partial charge is 0.251 e. The molecule has 4 nitrogen and oxygen atoms in total. The molecule has 0 spiro atoms. The van der Waals surface area contributed by atoms with Crippen LogP contribution in [-0.4, -0.2) is 24.7 Å². The van der Waals surface area contributed by atoms with Crippen molar-refractivity contribution in [2.75, 3.05) is 13.7 Å². The Morgan fingerprint density at radius 3 is 2.70 bits per heavy atom. The third kappa shape index (κ3) is 3.82. The van der Waals surface area contributed by atoms with E-state index in [1.807, 2.05) is 16.8 Å². The van der Waals surface area contributed by atoms with E-state index in [1.165, 1.54) is 0 Å². The van der Waals surface area contributed by atoms with E-state index in [4.69, 9.17) is 4.74 Å². The first kappa shape index (κ1) is 14.6. The van der Waals surface area contributed by atoms with E-state index in [0.29, 0.717) is 18.5 Å². The Morgan fingerprint density at radius 2 is 2.10 bits per heavy atom. The second-order valence-electron chi connectivity index (χ2n) is 4.35. The fraction of sp³-hybridized carbons (Fsp3) is 0.267. The van der Waals surface area contributed by atoms with Crippen LogP contribution in [0.3, 0.4) is 0 Å². The van der Waals surface area contributed by atoms with Gasteiger partial charge in [0, 0.05) is 12.1 Å². The lowest BCUT2D eigenvalue weighted by Crippen LogP contribution is -2.25. The van der Waals surface area contributed by atoms with Gasteiger partial charge in [-0.05, 0) is 53.1 Å². The van der Waals surface area contributed by atoms with E-state index >= 15 is 0 Å². The standard InChI is InChI=1S/C15H17NO3S/c1-19-13-4-2-11(3-5-13)15(18)16-8-6-14(17)12-7-9-20-10-12/h2-5,7,9-10,14,17H,6,8H2,1H3,(H,16,18). The summed E-state index contributed by atoms with van der Waals surface area (Å²) >= 11 is 1.55. The van der Waals surface area contributed by atoms with Crippen molar-refractivity contribution >= 4 is 17.2 Å². The molecule has 20 heavy (non-hydrogen) atoms. The van der Waals surface area contributed by atoms with Gasteiger partial charge in [-0.3, -0.25) is 4.79 Å². The third-order valence-corrected chi connectivity index (χ3v) is 3.68. The Kier molecular flexibility index (Phi) is 5.15. The lowest BCUT2D eigenvalue weighted by molar-refractivity contribution is 0.0942. The number of rotatable bonds is 6. The van der Waals surface area contributed by atoms with Gasteiger partial charge in [0.1, 0.15) is 5.75 Å². The number of aliphatic hydroxyl groups excluding tert-OH is 1. The Bertz CT molecular complexity index is 537. The van der Waals surface area contributed by atoms with Crippen molar-refractivity contribution < 1.29 is 14.6 Å². The second kappa shape index (κ2) is 7.07. The fourth-order valence-electron chi connectivity index (χ4n) is 1.80. The number of nitrogens with one attached hydrogen (secondary N) is 1. The van der Waals surface area contributed by atoms with Crippen molar-refractivity contribution in [2.24, 2.45) is 0 Å². The van der Waals surface area contributed by atoms with Gasteiger partial charge < -0.3 is 15.2 Å². The molecule has 2 rings (SSSR count). The molecule has 0 bridgehead atoms. The number of carbonyl (C=O) groups is 1. The van der Waals surface area contributed by atoms with Crippen LogP contribution in [0.1, 0.15) is 28.4 Å². The van der Waals surface area contributed by atoms with Gasteiger partial charge in [-0.25, -0.2) is 0 Å². The molecule has 106 valence electrons. The van der Waals surface area contributed by atoms with Gasteiger partial charge in [0.05, 0.1) is 13.2 Å². The lowest BCUT2D eigenvalue weighted by atomic mass is 10.1. The SMILES string of the molecule is COc1ccc(C(=O)NCCC(O)c2ccsc2)cc1. The van der Waals surface area contributed by atoms with E-state index in [2.05, 4.69) is 5.32 Å². The fourth-order valence-corrected chi connectivity index (χ4v) is 2.51. The van der Waals surface area contributed by atoms with E-state index in [0.717, 1.165) is 11.3 Å². The molecular weight excluding hydrogens is 274 g/mol. The minimum absolute atomic E-state index is 0.148. The van der Waals surface area contributed by atoms with Gasteiger partial charge in [-0.15, -0.1) is 0 Å². The van der Waals surface area contributed by atoms with Gasteiger partial charge in [0.15, 0.2) is 0 Å². The van der Waals surface area contributed by atoms with Gasteiger partial charge in [-0.1, -0.05) is 0 Å². The highest BCUT2D eigenvalue weighted by molar-refractivity contribution is 7.07. The topological polar surface area (TPSA) is 58.6 Å². The molecule has 0 saturated carbocycles. The number of ether oxygens (including phenoxy) is 1. The monoisotopic (exact) mass is 291 g/mol. The quantitative estimate of drug-likeness (QED) is 0.860. The minimum atomic E-state index is -0.530. The van der Waals surface area contributed by atoms with Crippen molar-refractivity contribution in [3.05, 3.63) is 52.2 Å². The van der Waals surface area contributed by atoms with Crippen molar-refractivity contribution in [1.29, 1.82) is 0 Å². The van der Waals surface area contributed by atoms with Crippen LogP contribution in [-0.2, 0) is 0 Å². The number of aliphatic hydroxyl groups is 1. The van der Waals surface area contributed by atoms with Crippen molar-refractivity contribution in [3.63, 3.8) is 0 Å². The first-order valence-electron chi connectivity index (χ1n) is 6.33. The molecule has 1 unspecified atom stereocenters. The van der Waals surface area contributed by atoms with Crippen LogP contribution in [0, 0.1) is 0 Å². The van der Waals surface area contributed by atoms with Crippen LogP contribution >= 0.6 is 11.3 Å². The average molecular weight is 291 g/mol. The van der Waals surface area contributed by atoms with Gasteiger partial charge >= 0.3 is 0 Å². The van der Waals surface area contributed by atoms with Crippen LogP contribution in [0.25, 0.3) is 0 Å². The molecule has 0 aliphatic carbocycles. The van der Waals surface area contributed by atoms with E-state index < -0.39 is 6.10 Å². The predicted molar refractivity (Wildman–Crippen MR) is 79.2 cm³/mol. The average Bonchev–Trinajstić information content (AvgIpc) is 3.01. The van der Waals surface area contributed by atoms with Crippen LogP contribution in [0.2, 0.25) is 0 Å². The molecule has 0 aliphatic rings. The first-order valence-corrected chi connectivity index (χ1v) is 7.27. The second-order valence-corrected chi connectivity index (χ2v) is 5.13. The maximum Gasteiger partial charge on any atom is 0.251 e. The number of carbonyl (C=O) groups excluding carboxylic acids is 1. The zero-order chi connectivity index (χ0) is 14.4. The number of benzene rings is 1. The van der Waals surface area contributed by atoms with Gasteiger partial charge in [-0.2, -0.15) is 11.3 Å². The number of hydrogen-bond donors (Lipinski definition) is 2. The summed E-state index contributed by atoms with van der Waals surface area (Å²) in [5.41, 5.74) is 1.48. The highest BCUT2D eigenvalue weighted by Crippen LogP contribution is 2.18. The first-order chi connectivity index (χ1) is 9.70. The maximum absolute atomic E-state index is 11.9. The molecule has 2 aromatic rings. The Hall–Kier alpha value is -1.85. The molecule has 0 saturated heterocycles. The summed E-state index contributed by atoms with van der Waals surface area (Å²) in [7, 11) is 1.58. The number of methoxy groups -OCH3 is 1. The Morgan fingerprint density at radius 1 is 1.35 bits per heavy atom. The summed E-state index contributed by atoms with van der Waals surface area (Å²) in [5, 5.41) is 16.5. The molecule has 1 heterocycles. The molecule has 1 atom stereocenters. The maximum atomic E-state index is 11.9. The summed E-state index contributed by atoms with van der Waals surface area (Å²) in [4.78, 5) is 11.9. The molecule has 1 aromatic carbocycles. The zero-order valence-corrected chi connectivity index (χ0v) is 12.0. The summed E-state index contributed by atoms with van der Waals surface area (Å²) in [5.74, 6) is 0.569. The van der Waals surface area contributed by atoms with Crippen molar-refractivity contribution in [3.8, 4) is 5.75 Å². The third-order valence-electron chi connectivity index (χ3n) is 2.98. The molecule has 1 aromatic heterocycles. The van der Waals surface area contributed by atoms with Crippen LogP contribution in [0.15, 0.2) is 41.1 Å². The predicted octanol–water partition coefficient (Wildman–Crippen LogP) is 2.61. The van der Waals surface area contributed by atoms with Crippen molar-refractivity contribution in [1.82, 2.24) is 5.32 Å². The molecule has 2 N–H and O–H groups in total. The summed E-state index contributed by atoms with van der Waals surface area (Å²) in [6.45, 7) is 0.432. The van der Waals surface area contributed by atoms with E-state index in [9.17, 15) is 9.90 Å². The summed E-state index contributed by atoms with van der Waals surface area (Å²) in [6.07, 6.45) is -0.0315. The van der Waals surface area contributed by atoms with Crippen LogP contribution < -0.4 is 10.1 Å². The number of thiophene rings is 1. The van der Waals surface area contributed by atoms with Gasteiger partial charge in [0.25, 0.3) is 5.91 Å². The Labute approximate surface area is 122 Å². The highest BCUT2D eigenvalue weighted by Gasteiger charge is 2.09.